The molecule has 1 heterocycles. The molecule has 4 nitrogen and oxygen atoms in total. The molecule has 0 aromatic heterocycles. The van der Waals surface area contributed by atoms with Crippen LogP contribution in [0.4, 0.5) is 0 Å². The molecule has 1 aliphatic heterocycles. The van der Waals surface area contributed by atoms with E-state index < -0.39 is 5.97 Å². The maximum Gasteiger partial charge on any atom is 0.317 e. The van der Waals surface area contributed by atoms with Crippen molar-refractivity contribution in [1.82, 2.24) is 10.2 Å². The van der Waals surface area contributed by atoms with Gasteiger partial charge in [0.2, 0.25) is 0 Å². The van der Waals surface area contributed by atoms with Crippen molar-refractivity contribution >= 4 is 5.97 Å². The monoisotopic (exact) mass is 172 g/mol. The fourth-order valence-electron chi connectivity index (χ4n) is 1.56. The average Bonchev–Trinajstić information content (AvgIpc) is 2.01. The molecular weight excluding hydrogens is 156 g/mol. The molecule has 70 valence electrons. The first-order valence-corrected chi connectivity index (χ1v) is 4.32. The quantitative estimate of drug-likeness (QED) is 0.616. The van der Waals surface area contributed by atoms with E-state index in [0.29, 0.717) is 6.04 Å². The maximum atomic E-state index is 10.2. The topological polar surface area (TPSA) is 52.6 Å². The summed E-state index contributed by atoms with van der Waals surface area (Å²) in [5.41, 5.74) is 0. The Morgan fingerprint density at radius 2 is 2.50 bits per heavy atom. The molecule has 4 heteroatoms. The van der Waals surface area contributed by atoms with Gasteiger partial charge in [0.25, 0.3) is 0 Å². The average molecular weight is 172 g/mol. The molecule has 1 saturated heterocycles. The number of aliphatic carboxylic acids is 1. The zero-order valence-corrected chi connectivity index (χ0v) is 7.42. The highest BCUT2D eigenvalue weighted by molar-refractivity contribution is 5.69. The minimum Gasteiger partial charge on any atom is -0.480 e. The summed E-state index contributed by atoms with van der Waals surface area (Å²) < 4.78 is 0. The molecular formula is C8H16N2O2. The van der Waals surface area contributed by atoms with Crippen molar-refractivity contribution in [3.8, 4) is 0 Å². The van der Waals surface area contributed by atoms with Crippen LogP contribution in [0.3, 0.4) is 0 Å². The van der Waals surface area contributed by atoms with Gasteiger partial charge in [-0.15, -0.1) is 0 Å². The van der Waals surface area contributed by atoms with Crippen molar-refractivity contribution in [2.75, 3.05) is 26.7 Å². The highest BCUT2D eigenvalue weighted by atomic mass is 16.4. The summed E-state index contributed by atoms with van der Waals surface area (Å²) >= 11 is 0. The molecule has 12 heavy (non-hydrogen) atoms. The number of likely N-dealkylation sites (N-methyl/N-ethyl adjacent to an activating group) is 1. The molecule has 0 amide bonds. The Labute approximate surface area is 72.6 Å². The van der Waals surface area contributed by atoms with E-state index in [4.69, 9.17) is 5.11 Å². The first-order chi connectivity index (χ1) is 5.68. The molecule has 1 rings (SSSR count). The van der Waals surface area contributed by atoms with Gasteiger partial charge in [-0.25, -0.2) is 0 Å². The lowest BCUT2D eigenvalue weighted by Gasteiger charge is -2.29. The van der Waals surface area contributed by atoms with E-state index in [0.717, 1.165) is 25.9 Å². The van der Waals surface area contributed by atoms with Gasteiger partial charge in [-0.3, -0.25) is 4.79 Å². The predicted molar refractivity (Wildman–Crippen MR) is 46.2 cm³/mol. The Morgan fingerprint density at radius 3 is 3.08 bits per heavy atom. The third-order valence-electron chi connectivity index (χ3n) is 2.17. The predicted octanol–water partition coefficient (Wildman–Crippen LogP) is -0.245. The van der Waals surface area contributed by atoms with E-state index in [2.05, 4.69) is 17.3 Å². The standard InChI is InChI=1S/C8H16N2O2/c1-10-4-2-3-7(6-10)9-5-8(11)12/h7,9H,2-6H2,1H3,(H,11,12). The van der Waals surface area contributed by atoms with E-state index in [9.17, 15) is 4.79 Å². The van der Waals surface area contributed by atoms with Gasteiger partial charge in [0, 0.05) is 12.6 Å². The fourth-order valence-corrected chi connectivity index (χ4v) is 1.56. The summed E-state index contributed by atoms with van der Waals surface area (Å²) in [5, 5.41) is 11.4. The Hall–Kier alpha value is -0.610. The van der Waals surface area contributed by atoms with Crippen LogP contribution in [0, 0.1) is 0 Å². The van der Waals surface area contributed by atoms with E-state index in [1.165, 1.54) is 0 Å². The second kappa shape index (κ2) is 4.42. The number of carbonyl (C=O) groups is 1. The Balaban J connectivity index is 2.18. The molecule has 1 atom stereocenters. The second-order valence-electron chi connectivity index (χ2n) is 3.38. The summed E-state index contributed by atoms with van der Waals surface area (Å²) in [7, 11) is 2.06. The summed E-state index contributed by atoms with van der Waals surface area (Å²) in [6.45, 7) is 2.18. The van der Waals surface area contributed by atoms with Crippen molar-refractivity contribution in [1.29, 1.82) is 0 Å². The fraction of sp³-hybridized carbons (Fsp3) is 0.875. The van der Waals surface area contributed by atoms with Crippen molar-refractivity contribution in [2.24, 2.45) is 0 Å². The van der Waals surface area contributed by atoms with Crippen LogP contribution < -0.4 is 5.32 Å². The van der Waals surface area contributed by atoms with Crippen molar-refractivity contribution in [3.05, 3.63) is 0 Å². The highest BCUT2D eigenvalue weighted by Crippen LogP contribution is 2.06. The molecule has 0 aromatic carbocycles. The van der Waals surface area contributed by atoms with Crippen LogP contribution in [0.15, 0.2) is 0 Å². The number of hydrogen-bond donors (Lipinski definition) is 2. The normalized spacial score (nSPS) is 25.6. The van der Waals surface area contributed by atoms with Gasteiger partial charge in [0.05, 0.1) is 6.54 Å². The van der Waals surface area contributed by atoms with Gasteiger partial charge in [-0.05, 0) is 26.4 Å². The summed E-state index contributed by atoms with van der Waals surface area (Å²) in [6.07, 6.45) is 2.26. The zero-order valence-electron chi connectivity index (χ0n) is 7.42. The van der Waals surface area contributed by atoms with Crippen LogP contribution in [-0.4, -0.2) is 48.7 Å². The smallest absolute Gasteiger partial charge is 0.317 e. The molecule has 0 spiro atoms. The third kappa shape index (κ3) is 3.19. The van der Waals surface area contributed by atoms with Gasteiger partial charge < -0.3 is 15.3 Å². The van der Waals surface area contributed by atoms with E-state index in [1.54, 1.807) is 0 Å². The summed E-state index contributed by atoms with van der Waals surface area (Å²) in [5.74, 6) is -0.775. The lowest BCUT2D eigenvalue weighted by atomic mass is 10.1. The summed E-state index contributed by atoms with van der Waals surface area (Å²) in [6, 6.07) is 0.361. The molecule has 1 unspecified atom stereocenters. The molecule has 1 aliphatic rings. The highest BCUT2D eigenvalue weighted by Gasteiger charge is 2.16. The van der Waals surface area contributed by atoms with Gasteiger partial charge in [0.1, 0.15) is 0 Å². The lowest BCUT2D eigenvalue weighted by molar-refractivity contribution is -0.136. The number of hydrogen-bond acceptors (Lipinski definition) is 3. The van der Waals surface area contributed by atoms with Crippen LogP contribution in [0.25, 0.3) is 0 Å². The minimum absolute atomic E-state index is 0.0819. The Bertz CT molecular complexity index is 161. The van der Waals surface area contributed by atoms with Gasteiger partial charge in [-0.1, -0.05) is 0 Å². The third-order valence-corrected chi connectivity index (χ3v) is 2.17. The number of nitrogens with one attached hydrogen (secondary N) is 1. The molecule has 0 bridgehead atoms. The van der Waals surface area contributed by atoms with Crippen molar-refractivity contribution in [3.63, 3.8) is 0 Å². The molecule has 0 aromatic rings. The Morgan fingerprint density at radius 1 is 1.75 bits per heavy atom. The van der Waals surface area contributed by atoms with Crippen LogP contribution in [-0.2, 0) is 4.79 Å². The van der Waals surface area contributed by atoms with Crippen LogP contribution in [0.1, 0.15) is 12.8 Å². The number of likely N-dealkylation sites (tertiary alicyclic amines) is 1. The minimum atomic E-state index is -0.775. The molecule has 2 N–H and O–H groups in total. The largest absolute Gasteiger partial charge is 0.480 e. The number of carboxylic acid groups (broad SMARTS) is 1. The zero-order chi connectivity index (χ0) is 8.97. The lowest BCUT2D eigenvalue weighted by Crippen LogP contribution is -2.45. The van der Waals surface area contributed by atoms with Crippen molar-refractivity contribution in [2.45, 2.75) is 18.9 Å². The molecule has 1 fully saturated rings. The number of rotatable bonds is 3. The number of nitrogens with zero attached hydrogens (tertiary/aromatic N) is 1. The molecule has 0 saturated carbocycles. The number of carboxylic acids is 1. The van der Waals surface area contributed by atoms with E-state index in [1.807, 2.05) is 0 Å². The van der Waals surface area contributed by atoms with Crippen LogP contribution >= 0.6 is 0 Å². The van der Waals surface area contributed by atoms with E-state index in [-0.39, 0.29) is 6.54 Å². The molecule has 0 radical (unpaired) electrons. The first kappa shape index (κ1) is 9.48. The van der Waals surface area contributed by atoms with Gasteiger partial charge in [0.15, 0.2) is 0 Å². The van der Waals surface area contributed by atoms with Crippen LogP contribution in [0.2, 0.25) is 0 Å². The SMILES string of the molecule is CN1CCCC(NCC(=O)O)C1. The first-order valence-electron chi connectivity index (χ1n) is 4.32. The van der Waals surface area contributed by atoms with Crippen molar-refractivity contribution < 1.29 is 9.90 Å². The maximum absolute atomic E-state index is 10.2. The molecule has 0 aliphatic carbocycles. The second-order valence-corrected chi connectivity index (χ2v) is 3.38. The van der Waals surface area contributed by atoms with E-state index >= 15 is 0 Å². The van der Waals surface area contributed by atoms with Gasteiger partial charge >= 0.3 is 5.97 Å². The van der Waals surface area contributed by atoms with Crippen LogP contribution in [0.5, 0.6) is 0 Å². The van der Waals surface area contributed by atoms with Gasteiger partial charge in [-0.2, -0.15) is 0 Å². The number of piperidine rings is 1. The summed E-state index contributed by atoms with van der Waals surface area (Å²) in [4.78, 5) is 12.5. The Kier molecular flexibility index (Phi) is 3.49.